The number of amides is 1. The zero-order valence-electron chi connectivity index (χ0n) is 9.69. The van der Waals surface area contributed by atoms with E-state index in [0.29, 0.717) is 12.0 Å². The molecule has 2 aromatic rings. The topological polar surface area (TPSA) is 29.1 Å². The Morgan fingerprint density at radius 1 is 1.00 bits per heavy atom. The van der Waals surface area contributed by atoms with Crippen molar-refractivity contribution < 1.29 is 9.18 Å². The Balaban J connectivity index is 2.13. The lowest BCUT2D eigenvalue weighted by Gasteiger charge is -2.27. The third kappa shape index (κ3) is 1.78. The Bertz CT molecular complexity index is 609. The number of benzene rings is 2. The molecule has 1 N–H and O–H groups in total. The van der Waals surface area contributed by atoms with Crippen LogP contribution in [-0.2, 0) is 11.2 Å². The smallest absolute Gasteiger partial charge is 0.225 e. The highest BCUT2D eigenvalue weighted by Gasteiger charge is 2.26. The molecule has 1 aliphatic heterocycles. The Hall–Kier alpha value is -2.16. The van der Waals surface area contributed by atoms with Crippen molar-refractivity contribution in [1.29, 1.82) is 0 Å². The molecule has 0 aliphatic carbocycles. The van der Waals surface area contributed by atoms with E-state index >= 15 is 0 Å². The molecule has 0 fully saturated rings. The van der Waals surface area contributed by atoms with Crippen molar-refractivity contribution in [2.75, 3.05) is 0 Å². The summed E-state index contributed by atoms with van der Waals surface area (Å²) in [5.41, 5.74) is 2.45. The zero-order valence-corrected chi connectivity index (χ0v) is 9.69. The quantitative estimate of drug-likeness (QED) is 0.817. The molecule has 1 unspecified atom stereocenters. The highest BCUT2D eigenvalue weighted by atomic mass is 19.1. The minimum atomic E-state index is -0.386. The molecule has 0 aromatic heterocycles. The number of carbonyl (C=O) groups is 1. The number of fused-ring (bicyclic) bond motifs is 1. The van der Waals surface area contributed by atoms with Gasteiger partial charge in [-0.05, 0) is 17.2 Å². The van der Waals surface area contributed by atoms with Gasteiger partial charge in [0.1, 0.15) is 5.82 Å². The van der Waals surface area contributed by atoms with Crippen LogP contribution in [0.5, 0.6) is 0 Å². The van der Waals surface area contributed by atoms with Gasteiger partial charge in [0.25, 0.3) is 0 Å². The lowest BCUT2D eigenvalue weighted by Crippen LogP contribution is -2.36. The van der Waals surface area contributed by atoms with Gasteiger partial charge in [-0.1, -0.05) is 42.5 Å². The van der Waals surface area contributed by atoms with Gasteiger partial charge in [0.15, 0.2) is 0 Å². The van der Waals surface area contributed by atoms with Crippen LogP contribution in [-0.4, -0.2) is 5.91 Å². The molecule has 0 saturated carbocycles. The lowest BCUT2D eigenvalue weighted by atomic mass is 9.89. The molecule has 90 valence electrons. The SMILES string of the molecule is O=C1Cc2ccccc2C(c2ccccc2F)N1. The van der Waals surface area contributed by atoms with Crippen LogP contribution in [0, 0.1) is 5.82 Å². The molecule has 0 radical (unpaired) electrons. The Kier molecular flexibility index (Phi) is 2.59. The second-order valence-corrected chi connectivity index (χ2v) is 4.40. The van der Waals surface area contributed by atoms with Crippen LogP contribution in [0.1, 0.15) is 22.7 Å². The van der Waals surface area contributed by atoms with Crippen molar-refractivity contribution in [1.82, 2.24) is 5.32 Å². The normalized spacial score (nSPS) is 18.1. The van der Waals surface area contributed by atoms with Gasteiger partial charge < -0.3 is 5.32 Å². The van der Waals surface area contributed by atoms with Gasteiger partial charge in [0.05, 0.1) is 12.5 Å². The molecular formula is C15H12FNO. The van der Waals surface area contributed by atoms with E-state index < -0.39 is 0 Å². The molecule has 0 bridgehead atoms. The van der Waals surface area contributed by atoms with Gasteiger partial charge in [0.2, 0.25) is 5.91 Å². The van der Waals surface area contributed by atoms with E-state index in [2.05, 4.69) is 5.32 Å². The van der Waals surface area contributed by atoms with Crippen molar-refractivity contribution in [3.05, 3.63) is 71.0 Å². The summed E-state index contributed by atoms with van der Waals surface area (Å²) in [4.78, 5) is 11.7. The predicted octanol–water partition coefficient (Wildman–Crippen LogP) is 2.59. The number of halogens is 1. The average molecular weight is 241 g/mol. The van der Waals surface area contributed by atoms with Crippen LogP contribution < -0.4 is 5.32 Å². The van der Waals surface area contributed by atoms with Gasteiger partial charge in [-0.15, -0.1) is 0 Å². The third-order valence-corrected chi connectivity index (χ3v) is 3.24. The van der Waals surface area contributed by atoms with E-state index in [1.165, 1.54) is 6.07 Å². The van der Waals surface area contributed by atoms with Gasteiger partial charge in [-0.2, -0.15) is 0 Å². The fourth-order valence-corrected chi connectivity index (χ4v) is 2.39. The molecule has 2 aromatic carbocycles. The number of carbonyl (C=O) groups excluding carboxylic acids is 1. The average Bonchev–Trinajstić information content (AvgIpc) is 2.38. The van der Waals surface area contributed by atoms with E-state index in [4.69, 9.17) is 0 Å². The first-order chi connectivity index (χ1) is 8.75. The zero-order chi connectivity index (χ0) is 12.5. The highest BCUT2D eigenvalue weighted by Crippen LogP contribution is 2.30. The van der Waals surface area contributed by atoms with Gasteiger partial charge >= 0.3 is 0 Å². The summed E-state index contributed by atoms with van der Waals surface area (Å²) in [5, 5.41) is 2.85. The molecule has 0 spiro atoms. The Morgan fingerprint density at radius 2 is 1.67 bits per heavy atom. The second kappa shape index (κ2) is 4.26. The van der Waals surface area contributed by atoms with Crippen LogP contribution >= 0.6 is 0 Å². The first kappa shape index (κ1) is 11.0. The fraction of sp³-hybridized carbons (Fsp3) is 0.133. The first-order valence-corrected chi connectivity index (χ1v) is 5.87. The monoisotopic (exact) mass is 241 g/mol. The number of hydrogen-bond donors (Lipinski definition) is 1. The molecule has 1 aliphatic rings. The fourth-order valence-electron chi connectivity index (χ4n) is 2.39. The summed E-state index contributed by atoms with van der Waals surface area (Å²) in [6.07, 6.45) is 0.362. The van der Waals surface area contributed by atoms with E-state index in [0.717, 1.165) is 11.1 Å². The minimum Gasteiger partial charge on any atom is -0.345 e. The molecule has 3 heteroatoms. The first-order valence-electron chi connectivity index (χ1n) is 5.87. The second-order valence-electron chi connectivity index (χ2n) is 4.40. The molecule has 2 nitrogen and oxygen atoms in total. The maximum absolute atomic E-state index is 13.8. The predicted molar refractivity (Wildman–Crippen MR) is 66.5 cm³/mol. The Morgan fingerprint density at radius 3 is 2.44 bits per heavy atom. The number of nitrogens with one attached hydrogen (secondary N) is 1. The minimum absolute atomic E-state index is 0.0676. The van der Waals surface area contributed by atoms with Crippen molar-refractivity contribution in [3.63, 3.8) is 0 Å². The lowest BCUT2D eigenvalue weighted by molar-refractivity contribution is -0.121. The summed E-state index contributed by atoms with van der Waals surface area (Å²) < 4.78 is 13.8. The van der Waals surface area contributed by atoms with Crippen LogP contribution in [0.4, 0.5) is 4.39 Å². The van der Waals surface area contributed by atoms with Crippen molar-refractivity contribution in [2.24, 2.45) is 0 Å². The van der Waals surface area contributed by atoms with Crippen LogP contribution in [0.2, 0.25) is 0 Å². The summed E-state index contributed by atoms with van der Waals surface area (Å²) in [5.74, 6) is -0.360. The molecule has 1 amide bonds. The Labute approximate surface area is 104 Å². The van der Waals surface area contributed by atoms with Gasteiger partial charge in [0, 0.05) is 5.56 Å². The standard InChI is InChI=1S/C15H12FNO/c16-13-8-4-3-7-12(13)15-11-6-2-1-5-10(11)9-14(18)17-15/h1-8,15H,9H2,(H,17,18). The molecule has 18 heavy (non-hydrogen) atoms. The molecular weight excluding hydrogens is 229 g/mol. The van der Waals surface area contributed by atoms with Crippen molar-refractivity contribution in [2.45, 2.75) is 12.5 Å². The number of hydrogen-bond acceptors (Lipinski definition) is 1. The third-order valence-electron chi connectivity index (χ3n) is 3.24. The van der Waals surface area contributed by atoms with Crippen molar-refractivity contribution >= 4 is 5.91 Å². The molecule has 1 heterocycles. The van der Waals surface area contributed by atoms with E-state index in [9.17, 15) is 9.18 Å². The van der Waals surface area contributed by atoms with Crippen LogP contribution in [0.25, 0.3) is 0 Å². The van der Waals surface area contributed by atoms with Gasteiger partial charge in [-0.25, -0.2) is 4.39 Å². The van der Waals surface area contributed by atoms with Crippen LogP contribution in [0.15, 0.2) is 48.5 Å². The van der Waals surface area contributed by atoms with E-state index in [1.54, 1.807) is 18.2 Å². The summed E-state index contributed by atoms with van der Waals surface area (Å²) in [6.45, 7) is 0. The number of rotatable bonds is 1. The van der Waals surface area contributed by atoms with Crippen LogP contribution in [0.3, 0.4) is 0 Å². The molecule has 1 atom stereocenters. The highest BCUT2D eigenvalue weighted by molar-refractivity contribution is 5.82. The van der Waals surface area contributed by atoms with Crippen molar-refractivity contribution in [3.8, 4) is 0 Å². The van der Waals surface area contributed by atoms with Gasteiger partial charge in [-0.3, -0.25) is 4.79 Å². The maximum atomic E-state index is 13.8. The van der Waals surface area contributed by atoms with E-state index in [-0.39, 0.29) is 17.8 Å². The maximum Gasteiger partial charge on any atom is 0.225 e. The molecule has 3 rings (SSSR count). The summed E-state index contributed by atoms with van der Waals surface area (Å²) >= 11 is 0. The summed E-state index contributed by atoms with van der Waals surface area (Å²) in [7, 11) is 0. The largest absolute Gasteiger partial charge is 0.345 e. The summed E-state index contributed by atoms with van der Waals surface area (Å²) in [6, 6.07) is 13.8. The van der Waals surface area contributed by atoms with E-state index in [1.807, 2.05) is 24.3 Å². The molecule has 0 saturated heterocycles.